The number of rotatable bonds is 2. The van der Waals surface area contributed by atoms with E-state index >= 15 is 0 Å². The van der Waals surface area contributed by atoms with Crippen LogP contribution in [0.1, 0.15) is 5.56 Å². The smallest absolute Gasteiger partial charge is 0.177 e. The van der Waals surface area contributed by atoms with Gasteiger partial charge in [0.15, 0.2) is 9.84 Å². The highest BCUT2D eigenvalue weighted by molar-refractivity contribution is 7.90. The Bertz CT molecular complexity index is 816. The van der Waals surface area contributed by atoms with Gasteiger partial charge in [0, 0.05) is 18.0 Å². The lowest BCUT2D eigenvalue weighted by Gasteiger charge is -2.10. The van der Waals surface area contributed by atoms with Gasteiger partial charge in [0.2, 0.25) is 0 Å². The van der Waals surface area contributed by atoms with Gasteiger partial charge in [-0.15, -0.1) is 0 Å². The van der Waals surface area contributed by atoms with Gasteiger partial charge in [-0.3, -0.25) is 0 Å². The molecule has 1 aromatic carbocycles. The first-order chi connectivity index (χ1) is 8.95. The Balaban J connectivity index is 2.96. The molecule has 0 spiro atoms. The highest BCUT2D eigenvalue weighted by atomic mass is 32.2. The van der Waals surface area contributed by atoms with Crippen LogP contribution >= 0.6 is 12.2 Å². The maximum absolute atomic E-state index is 11.8. The molecule has 0 radical (unpaired) electrons. The Hall–Kier alpha value is -1.97. The van der Waals surface area contributed by atoms with Gasteiger partial charge in [-0.1, -0.05) is 42.5 Å². The maximum atomic E-state index is 11.8. The molecule has 0 amide bonds. The molecule has 4 nitrogen and oxygen atoms in total. The van der Waals surface area contributed by atoms with Crippen molar-refractivity contribution in [2.45, 2.75) is 4.90 Å². The molecule has 0 fully saturated rings. The number of aromatic amines is 1. The largest absolute Gasteiger partial charge is 0.350 e. The molecule has 0 aliphatic heterocycles. The number of hydrogen-bond acceptors (Lipinski definition) is 4. The Morgan fingerprint density at radius 3 is 2.42 bits per heavy atom. The minimum atomic E-state index is -3.46. The van der Waals surface area contributed by atoms with Gasteiger partial charge in [-0.25, -0.2) is 8.42 Å². The molecule has 2 aromatic rings. The Morgan fingerprint density at radius 2 is 1.89 bits per heavy atom. The van der Waals surface area contributed by atoms with Crippen molar-refractivity contribution in [2.24, 2.45) is 0 Å². The number of nitrogens with one attached hydrogen (secondary N) is 1. The highest BCUT2D eigenvalue weighted by Gasteiger charge is 2.19. The summed E-state index contributed by atoms with van der Waals surface area (Å²) in [6, 6.07) is 10.9. The van der Waals surface area contributed by atoms with Gasteiger partial charge in [0.05, 0.1) is 10.5 Å². The molecule has 0 saturated carbocycles. The number of nitriles is 1. The van der Waals surface area contributed by atoms with E-state index in [0.29, 0.717) is 11.1 Å². The molecule has 1 aromatic heterocycles. The van der Waals surface area contributed by atoms with Crippen LogP contribution in [0, 0.1) is 16.0 Å². The summed E-state index contributed by atoms with van der Waals surface area (Å²) in [4.78, 5) is 2.72. The normalized spacial score (nSPS) is 10.9. The predicted molar refractivity (Wildman–Crippen MR) is 74.9 cm³/mol. The second-order valence-electron chi connectivity index (χ2n) is 3.98. The van der Waals surface area contributed by atoms with Crippen LogP contribution in [0.15, 0.2) is 41.4 Å². The van der Waals surface area contributed by atoms with E-state index in [4.69, 9.17) is 12.2 Å². The number of benzene rings is 1. The molecule has 1 heterocycles. The number of hydrogen-bond donors (Lipinski definition) is 1. The van der Waals surface area contributed by atoms with Crippen LogP contribution in [-0.2, 0) is 9.84 Å². The minimum absolute atomic E-state index is 0.0730. The summed E-state index contributed by atoms with van der Waals surface area (Å²) in [5.41, 5.74) is 1.18. The second-order valence-corrected chi connectivity index (χ2v) is 6.37. The molecular weight excluding hydrogens is 280 g/mol. The van der Waals surface area contributed by atoms with E-state index in [-0.39, 0.29) is 15.1 Å². The molecule has 1 N–H and O–H groups in total. The summed E-state index contributed by atoms with van der Waals surface area (Å²) in [5.74, 6) is 0. The predicted octanol–water partition coefficient (Wildman–Crippen LogP) is 2.69. The lowest BCUT2D eigenvalue weighted by atomic mass is 10.0. The second kappa shape index (κ2) is 4.96. The van der Waals surface area contributed by atoms with Gasteiger partial charge in [-0.05, 0) is 5.56 Å². The zero-order valence-corrected chi connectivity index (χ0v) is 11.7. The number of sulfone groups is 1. The van der Waals surface area contributed by atoms with E-state index in [2.05, 4.69) is 4.98 Å². The highest BCUT2D eigenvalue weighted by Crippen LogP contribution is 2.30. The van der Waals surface area contributed by atoms with Crippen molar-refractivity contribution in [3.8, 4) is 17.2 Å². The Labute approximate surface area is 116 Å². The van der Waals surface area contributed by atoms with E-state index < -0.39 is 9.84 Å². The molecular formula is C13H10N2O2S2. The molecule has 0 saturated heterocycles. The maximum Gasteiger partial charge on any atom is 0.177 e. The quantitative estimate of drug-likeness (QED) is 0.863. The van der Waals surface area contributed by atoms with E-state index in [1.54, 1.807) is 24.3 Å². The molecule has 19 heavy (non-hydrogen) atoms. The SMILES string of the molecule is CS(=O)(=O)c1c[nH]c(=S)c(C#N)c1-c1ccccc1. The van der Waals surface area contributed by atoms with Crippen molar-refractivity contribution < 1.29 is 8.42 Å². The zero-order valence-electron chi connectivity index (χ0n) is 10.0. The van der Waals surface area contributed by atoms with E-state index in [1.807, 2.05) is 12.1 Å². The van der Waals surface area contributed by atoms with Crippen LogP contribution in [0.4, 0.5) is 0 Å². The van der Waals surface area contributed by atoms with Crippen LogP contribution < -0.4 is 0 Å². The molecule has 0 atom stereocenters. The first-order valence-corrected chi connectivity index (χ1v) is 7.66. The summed E-state index contributed by atoms with van der Waals surface area (Å²) in [5, 5.41) is 9.22. The fourth-order valence-electron chi connectivity index (χ4n) is 1.80. The molecule has 2 rings (SSSR count). The lowest BCUT2D eigenvalue weighted by Crippen LogP contribution is -2.03. The molecule has 6 heteroatoms. The third kappa shape index (κ3) is 2.57. The van der Waals surface area contributed by atoms with E-state index in [9.17, 15) is 13.7 Å². The first-order valence-electron chi connectivity index (χ1n) is 5.36. The van der Waals surface area contributed by atoms with Gasteiger partial charge >= 0.3 is 0 Å². The van der Waals surface area contributed by atoms with Crippen molar-refractivity contribution in [3.63, 3.8) is 0 Å². The van der Waals surface area contributed by atoms with Crippen molar-refractivity contribution >= 4 is 22.1 Å². The molecule has 0 aliphatic rings. The van der Waals surface area contributed by atoms with Crippen LogP contribution in [0.5, 0.6) is 0 Å². The Morgan fingerprint density at radius 1 is 1.26 bits per heavy atom. The number of pyridine rings is 1. The van der Waals surface area contributed by atoms with Crippen LogP contribution in [0.2, 0.25) is 0 Å². The zero-order chi connectivity index (χ0) is 14.0. The van der Waals surface area contributed by atoms with Crippen LogP contribution in [0.3, 0.4) is 0 Å². The standard InChI is InChI=1S/C13H10N2O2S2/c1-19(16,17)11-8-15-13(18)10(7-14)12(11)9-5-3-2-4-6-9/h2-6,8H,1H3,(H,15,18). The van der Waals surface area contributed by atoms with Gasteiger partial charge in [0.25, 0.3) is 0 Å². The fraction of sp³-hybridized carbons (Fsp3) is 0.0769. The van der Waals surface area contributed by atoms with Crippen molar-refractivity contribution in [1.29, 1.82) is 5.26 Å². The third-order valence-corrected chi connectivity index (χ3v) is 4.07. The summed E-state index contributed by atoms with van der Waals surface area (Å²) in [6.45, 7) is 0. The third-order valence-electron chi connectivity index (χ3n) is 2.63. The summed E-state index contributed by atoms with van der Waals surface area (Å²) >= 11 is 5.05. The molecule has 0 bridgehead atoms. The van der Waals surface area contributed by atoms with Crippen molar-refractivity contribution in [3.05, 3.63) is 46.7 Å². The van der Waals surface area contributed by atoms with Crippen LogP contribution in [-0.4, -0.2) is 19.7 Å². The van der Waals surface area contributed by atoms with Crippen LogP contribution in [0.25, 0.3) is 11.1 Å². The van der Waals surface area contributed by atoms with E-state index in [0.717, 1.165) is 6.26 Å². The monoisotopic (exact) mass is 290 g/mol. The lowest BCUT2D eigenvalue weighted by molar-refractivity contribution is 0.601. The van der Waals surface area contributed by atoms with Gasteiger partial charge in [-0.2, -0.15) is 5.26 Å². The van der Waals surface area contributed by atoms with Crippen molar-refractivity contribution in [2.75, 3.05) is 6.26 Å². The van der Waals surface area contributed by atoms with Gasteiger partial charge in [0.1, 0.15) is 10.7 Å². The molecule has 0 unspecified atom stereocenters. The summed E-state index contributed by atoms with van der Waals surface area (Å²) < 4.78 is 23.9. The van der Waals surface area contributed by atoms with E-state index in [1.165, 1.54) is 6.20 Å². The minimum Gasteiger partial charge on any atom is -0.350 e. The topological polar surface area (TPSA) is 73.7 Å². The average molecular weight is 290 g/mol. The fourth-order valence-corrected chi connectivity index (χ4v) is 2.87. The summed E-state index contributed by atoms with van der Waals surface area (Å²) in [6.07, 6.45) is 2.44. The molecule has 96 valence electrons. The average Bonchev–Trinajstić information content (AvgIpc) is 2.38. The Kier molecular flexibility index (Phi) is 3.51. The number of aromatic nitrogens is 1. The number of H-pyrrole nitrogens is 1. The molecule has 0 aliphatic carbocycles. The van der Waals surface area contributed by atoms with Crippen molar-refractivity contribution in [1.82, 2.24) is 4.98 Å². The first kappa shape index (κ1) is 13.5. The summed E-state index contributed by atoms with van der Waals surface area (Å²) in [7, 11) is -3.46. The van der Waals surface area contributed by atoms with Gasteiger partial charge < -0.3 is 4.98 Å². The number of nitrogens with zero attached hydrogens (tertiary/aromatic N) is 1.